The highest BCUT2D eigenvalue weighted by molar-refractivity contribution is 9.10. The summed E-state index contributed by atoms with van der Waals surface area (Å²) in [6.07, 6.45) is 5.15. The van der Waals surface area contributed by atoms with Crippen LogP contribution in [0.3, 0.4) is 0 Å². The van der Waals surface area contributed by atoms with Gasteiger partial charge in [-0.05, 0) is 35.4 Å². The van der Waals surface area contributed by atoms with Crippen LogP contribution in [0.2, 0.25) is 0 Å². The molecule has 1 atom stereocenters. The zero-order valence-corrected chi connectivity index (χ0v) is 15.9. The number of nitrogens with zero attached hydrogens (tertiary/aromatic N) is 2. The first-order valence-corrected chi connectivity index (χ1v) is 9.49. The highest BCUT2D eigenvalue weighted by atomic mass is 79.9. The van der Waals surface area contributed by atoms with Crippen molar-refractivity contribution < 1.29 is 0 Å². The Labute approximate surface area is 162 Å². The summed E-state index contributed by atoms with van der Waals surface area (Å²) in [5.41, 5.74) is 4.64. The SMILES string of the molecule is Brc1cccc(N2N=C(/C=C\c3ccccc3)C[C@@H]2c2ccccc2)c1. The van der Waals surface area contributed by atoms with Crippen LogP contribution in [0.5, 0.6) is 0 Å². The van der Waals surface area contributed by atoms with Crippen molar-refractivity contribution >= 4 is 33.4 Å². The molecule has 0 fully saturated rings. The van der Waals surface area contributed by atoms with E-state index in [4.69, 9.17) is 5.10 Å². The Morgan fingerprint density at radius 1 is 0.846 bits per heavy atom. The molecule has 0 spiro atoms. The number of hydrogen-bond acceptors (Lipinski definition) is 2. The molecular weight excluding hydrogens is 384 g/mol. The molecule has 0 saturated heterocycles. The van der Waals surface area contributed by atoms with Crippen molar-refractivity contribution in [3.63, 3.8) is 0 Å². The summed E-state index contributed by atoms with van der Waals surface area (Å²) in [5.74, 6) is 0. The lowest BCUT2D eigenvalue weighted by molar-refractivity contribution is 0.709. The van der Waals surface area contributed by atoms with E-state index in [2.05, 4.69) is 106 Å². The van der Waals surface area contributed by atoms with Crippen LogP contribution in [0.15, 0.2) is 101 Å². The fourth-order valence-corrected chi connectivity index (χ4v) is 3.57. The molecule has 0 amide bonds. The predicted octanol–water partition coefficient (Wildman–Crippen LogP) is 6.47. The smallest absolute Gasteiger partial charge is 0.0831 e. The first-order valence-electron chi connectivity index (χ1n) is 8.70. The molecule has 0 unspecified atom stereocenters. The monoisotopic (exact) mass is 402 g/mol. The van der Waals surface area contributed by atoms with E-state index in [0.717, 1.165) is 22.3 Å². The van der Waals surface area contributed by atoms with Gasteiger partial charge in [-0.1, -0.05) is 88.7 Å². The van der Waals surface area contributed by atoms with Crippen LogP contribution in [0.1, 0.15) is 23.6 Å². The van der Waals surface area contributed by atoms with Crippen molar-refractivity contribution in [2.75, 3.05) is 5.01 Å². The minimum Gasteiger partial charge on any atom is -0.257 e. The second kappa shape index (κ2) is 7.71. The Morgan fingerprint density at radius 2 is 1.58 bits per heavy atom. The van der Waals surface area contributed by atoms with E-state index < -0.39 is 0 Å². The quantitative estimate of drug-likeness (QED) is 0.488. The van der Waals surface area contributed by atoms with Crippen molar-refractivity contribution in [3.05, 3.63) is 107 Å². The molecule has 0 aromatic heterocycles. The van der Waals surface area contributed by atoms with Crippen molar-refractivity contribution in [2.45, 2.75) is 12.5 Å². The van der Waals surface area contributed by atoms with Gasteiger partial charge < -0.3 is 0 Å². The fraction of sp³-hybridized carbons (Fsp3) is 0.0870. The number of rotatable bonds is 4. The van der Waals surface area contributed by atoms with E-state index in [0.29, 0.717) is 0 Å². The zero-order chi connectivity index (χ0) is 17.8. The van der Waals surface area contributed by atoms with Gasteiger partial charge in [-0.2, -0.15) is 5.10 Å². The van der Waals surface area contributed by atoms with Gasteiger partial charge >= 0.3 is 0 Å². The molecule has 0 saturated carbocycles. The Bertz CT molecular complexity index is 933. The molecule has 1 aliphatic heterocycles. The largest absolute Gasteiger partial charge is 0.257 e. The lowest BCUT2D eigenvalue weighted by Crippen LogP contribution is -2.18. The molecule has 3 aromatic carbocycles. The highest BCUT2D eigenvalue weighted by Crippen LogP contribution is 2.36. The maximum Gasteiger partial charge on any atom is 0.0831 e. The second-order valence-electron chi connectivity index (χ2n) is 6.29. The fourth-order valence-electron chi connectivity index (χ4n) is 3.18. The summed E-state index contributed by atoms with van der Waals surface area (Å²) in [4.78, 5) is 0. The lowest BCUT2D eigenvalue weighted by atomic mass is 10.0. The Kier molecular flexibility index (Phi) is 4.98. The van der Waals surface area contributed by atoms with Gasteiger partial charge in [0.15, 0.2) is 0 Å². The third-order valence-electron chi connectivity index (χ3n) is 4.46. The van der Waals surface area contributed by atoms with Crippen LogP contribution in [-0.2, 0) is 0 Å². The molecule has 1 aliphatic rings. The molecule has 26 heavy (non-hydrogen) atoms. The molecule has 3 aromatic rings. The van der Waals surface area contributed by atoms with E-state index in [-0.39, 0.29) is 6.04 Å². The van der Waals surface area contributed by atoms with Gasteiger partial charge in [-0.3, -0.25) is 5.01 Å². The van der Waals surface area contributed by atoms with Gasteiger partial charge in [0, 0.05) is 10.9 Å². The van der Waals surface area contributed by atoms with Crippen LogP contribution in [-0.4, -0.2) is 5.71 Å². The van der Waals surface area contributed by atoms with Gasteiger partial charge in [-0.25, -0.2) is 0 Å². The summed E-state index contributed by atoms with van der Waals surface area (Å²) in [7, 11) is 0. The molecule has 4 rings (SSSR count). The summed E-state index contributed by atoms with van der Waals surface area (Å²) in [6.45, 7) is 0. The van der Waals surface area contributed by atoms with Crippen molar-refractivity contribution in [1.29, 1.82) is 0 Å². The van der Waals surface area contributed by atoms with Crippen molar-refractivity contribution in [1.82, 2.24) is 0 Å². The van der Waals surface area contributed by atoms with Crippen LogP contribution in [0, 0.1) is 0 Å². The van der Waals surface area contributed by atoms with Gasteiger partial charge in [0.1, 0.15) is 0 Å². The van der Waals surface area contributed by atoms with Crippen LogP contribution >= 0.6 is 15.9 Å². The molecule has 3 heteroatoms. The van der Waals surface area contributed by atoms with Crippen LogP contribution < -0.4 is 5.01 Å². The molecular formula is C23H19BrN2. The standard InChI is InChI=1S/C23H19BrN2/c24-20-12-7-13-22(16-20)26-23(19-10-5-2-6-11-19)17-21(25-26)15-14-18-8-3-1-4-9-18/h1-16,23H,17H2/b15-14-/t23-/m1/s1. The molecule has 0 bridgehead atoms. The zero-order valence-electron chi connectivity index (χ0n) is 14.3. The topological polar surface area (TPSA) is 15.6 Å². The maximum atomic E-state index is 4.91. The Hall–Kier alpha value is -2.65. The summed E-state index contributed by atoms with van der Waals surface area (Å²) < 4.78 is 1.06. The van der Waals surface area contributed by atoms with E-state index in [1.165, 1.54) is 11.1 Å². The molecule has 128 valence electrons. The first kappa shape index (κ1) is 16.8. The van der Waals surface area contributed by atoms with Gasteiger partial charge in [0.25, 0.3) is 0 Å². The minimum atomic E-state index is 0.209. The minimum absolute atomic E-state index is 0.209. The van der Waals surface area contributed by atoms with Gasteiger partial charge in [0.05, 0.1) is 17.4 Å². The molecule has 2 nitrogen and oxygen atoms in total. The van der Waals surface area contributed by atoms with Crippen molar-refractivity contribution in [3.8, 4) is 0 Å². The average Bonchev–Trinajstić information content (AvgIpc) is 3.12. The molecule has 0 aliphatic carbocycles. The average molecular weight is 403 g/mol. The van der Waals surface area contributed by atoms with E-state index in [1.54, 1.807) is 0 Å². The molecule has 1 heterocycles. The Balaban J connectivity index is 1.66. The van der Waals surface area contributed by atoms with Gasteiger partial charge in [-0.15, -0.1) is 0 Å². The van der Waals surface area contributed by atoms with Crippen molar-refractivity contribution in [2.24, 2.45) is 5.10 Å². The van der Waals surface area contributed by atoms with Crippen LogP contribution in [0.4, 0.5) is 5.69 Å². The number of halogens is 1. The predicted molar refractivity (Wildman–Crippen MR) is 113 cm³/mol. The number of anilines is 1. The van der Waals surface area contributed by atoms with E-state index in [9.17, 15) is 0 Å². The Morgan fingerprint density at radius 3 is 2.31 bits per heavy atom. The van der Waals surface area contributed by atoms with Crippen LogP contribution in [0.25, 0.3) is 6.08 Å². The molecule has 0 radical (unpaired) electrons. The number of allylic oxidation sites excluding steroid dienone is 1. The second-order valence-corrected chi connectivity index (χ2v) is 7.21. The maximum absolute atomic E-state index is 4.91. The number of hydrogen-bond donors (Lipinski definition) is 0. The lowest BCUT2D eigenvalue weighted by Gasteiger charge is -2.24. The number of hydrazone groups is 1. The summed E-state index contributed by atoms with van der Waals surface area (Å²) in [5, 5.41) is 7.04. The first-order chi connectivity index (χ1) is 12.8. The van der Waals surface area contributed by atoms with E-state index >= 15 is 0 Å². The third kappa shape index (κ3) is 3.78. The normalized spacial score (nSPS) is 16.9. The highest BCUT2D eigenvalue weighted by Gasteiger charge is 2.28. The molecule has 0 N–H and O–H groups in total. The number of benzene rings is 3. The third-order valence-corrected chi connectivity index (χ3v) is 4.95. The van der Waals surface area contributed by atoms with E-state index in [1.807, 2.05) is 12.1 Å². The van der Waals surface area contributed by atoms with Gasteiger partial charge in [0.2, 0.25) is 0 Å². The summed E-state index contributed by atoms with van der Waals surface area (Å²) >= 11 is 3.57. The summed E-state index contributed by atoms with van der Waals surface area (Å²) in [6, 6.07) is 29.4.